The van der Waals surface area contributed by atoms with Gasteiger partial charge in [-0.3, -0.25) is 0 Å². The van der Waals surface area contributed by atoms with Crippen LogP contribution in [0, 0.1) is 12.8 Å². The third-order valence-electron chi connectivity index (χ3n) is 2.69. The molecular weight excluding hydrogens is 200 g/mol. The van der Waals surface area contributed by atoms with Crippen molar-refractivity contribution in [1.29, 1.82) is 0 Å². The second-order valence-electron chi connectivity index (χ2n) is 4.69. The summed E-state index contributed by atoms with van der Waals surface area (Å²) in [4.78, 5) is 1.53. The summed E-state index contributed by atoms with van der Waals surface area (Å²) in [7, 11) is 0. The standard InChI is InChI=1S/C14H18S/c1-10(2)4-7-13-9-12-6-5-11(3)8-14(12)15-13/h5-6,8-10H,4,7H2,1-3H3. The second kappa shape index (κ2) is 4.36. The Balaban J connectivity index is 2.23. The van der Waals surface area contributed by atoms with Crippen LogP contribution in [0.4, 0.5) is 0 Å². The summed E-state index contributed by atoms with van der Waals surface area (Å²) >= 11 is 1.95. The molecule has 0 aliphatic carbocycles. The molecule has 80 valence electrons. The molecule has 1 aromatic heterocycles. The molecule has 0 N–H and O–H groups in total. The molecule has 0 unspecified atom stereocenters. The van der Waals surface area contributed by atoms with Crippen molar-refractivity contribution >= 4 is 21.4 Å². The minimum absolute atomic E-state index is 0.803. The van der Waals surface area contributed by atoms with Crippen LogP contribution in [-0.4, -0.2) is 0 Å². The Bertz CT molecular complexity index is 451. The fourth-order valence-corrected chi connectivity index (χ4v) is 2.93. The van der Waals surface area contributed by atoms with Gasteiger partial charge in [-0.15, -0.1) is 11.3 Å². The first-order valence-corrected chi connectivity index (χ1v) is 6.46. The van der Waals surface area contributed by atoms with E-state index in [2.05, 4.69) is 45.0 Å². The molecule has 0 aliphatic rings. The van der Waals surface area contributed by atoms with Crippen molar-refractivity contribution in [3.63, 3.8) is 0 Å². The van der Waals surface area contributed by atoms with Crippen LogP contribution in [-0.2, 0) is 6.42 Å². The summed E-state index contributed by atoms with van der Waals surface area (Å²) in [6, 6.07) is 9.07. The summed E-state index contributed by atoms with van der Waals surface area (Å²) in [5.41, 5.74) is 1.36. The zero-order valence-electron chi connectivity index (χ0n) is 9.71. The van der Waals surface area contributed by atoms with Gasteiger partial charge in [0.1, 0.15) is 0 Å². The Kier molecular flexibility index (Phi) is 3.11. The van der Waals surface area contributed by atoms with Gasteiger partial charge in [0.05, 0.1) is 0 Å². The predicted octanol–water partition coefficient (Wildman–Crippen LogP) is 4.80. The summed E-state index contributed by atoms with van der Waals surface area (Å²) in [6.45, 7) is 6.74. The number of thiophene rings is 1. The SMILES string of the molecule is Cc1ccc2cc(CCC(C)C)sc2c1. The smallest absolute Gasteiger partial charge is 0.0348 e. The molecule has 0 atom stereocenters. The van der Waals surface area contributed by atoms with E-state index in [9.17, 15) is 0 Å². The van der Waals surface area contributed by atoms with Gasteiger partial charge >= 0.3 is 0 Å². The normalized spacial score (nSPS) is 11.5. The highest BCUT2D eigenvalue weighted by molar-refractivity contribution is 7.19. The minimum Gasteiger partial charge on any atom is -0.140 e. The first-order chi connectivity index (χ1) is 7.15. The van der Waals surface area contributed by atoms with Crippen LogP contribution < -0.4 is 0 Å². The molecule has 2 rings (SSSR count). The Morgan fingerprint density at radius 3 is 2.73 bits per heavy atom. The largest absolute Gasteiger partial charge is 0.140 e. The fraction of sp³-hybridized carbons (Fsp3) is 0.429. The Labute approximate surface area is 95.9 Å². The van der Waals surface area contributed by atoms with E-state index in [4.69, 9.17) is 0 Å². The first-order valence-electron chi connectivity index (χ1n) is 5.64. The maximum Gasteiger partial charge on any atom is 0.0348 e. The van der Waals surface area contributed by atoms with E-state index in [0.717, 1.165) is 5.92 Å². The van der Waals surface area contributed by atoms with Crippen LogP contribution in [0.25, 0.3) is 10.1 Å². The summed E-state index contributed by atoms with van der Waals surface area (Å²) in [5.74, 6) is 0.803. The van der Waals surface area contributed by atoms with Gasteiger partial charge in [0, 0.05) is 9.58 Å². The molecule has 0 amide bonds. The zero-order chi connectivity index (χ0) is 10.8. The predicted molar refractivity (Wildman–Crippen MR) is 69.7 cm³/mol. The third kappa shape index (κ3) is 2.60. The van der Waals surface area contributed by atoms with Gasteiger partial charge < -0.3 is 0 Å². The second-order valence-corrected chi connectivity index (χ2v) is 5.85. The van der Waals surface area contributed by atoms with Gasteiger partial charge in [-0.1, -0.05) is 26.0 Å². The molecule has 0 saturated carbocycles. The van der Waals surface area contributed by atoms with E-state index in [1.165, 1.54) is 33.4 Å². The molecule has 1 heterocycles. The number of rotatable bonds is 3. The van der Waals surface area contributed by atoms with Gasteiger partial charge in [0.25, 0.3) is 0 Å². The molecule has 15 heavy (non-hydrogen) atoms. The number of hydrogen-bond donors (Lipinski definition) is 0. The van der Waals surface area contributed by atoms with Crippen molar-refractivity contribution in [1.82, 2.24) is 0 Å². The fourth-order valence-electron chi connectivity index (χ4n) is 1.75. The van der Waals surface area contributed by atoms with Crippen molar-refractivity contribution in [3.05, 3.63) is 34.7 Å². The summed E-state index contributed by atoms with van der Waals surface area (Å²) < 4.78 is 1.44. The van der Waals surface area contributed by atoms with E-state index in [1.54, 1.807) is 0 Å². The van der Waals surface area contributed by atoms with Gasteiger partial charge in [-0.05, 0) is 48.8 Å². The van der Waals surface area contributed by atoms with Gasteiger partial charge in [0.15, 0.2) is 0 Å². The van der Waals surface area contributed by atoms with Crippen LogP contribution in [0.5, 0.6) is 0 Å². The van der Waals surface area contributed by atoms with E-state index in [-0.39, 0.29) is 0 Å². The van der Waals surface area contributed by atoms with Crippen molar-refractivity contribution in [2.75, 3.05) is 0 Å². The van der Waals surface area contributed by atoms with E-state index < -0.39 is 0 Å². The molecular formula is C14H18S. The maximum atomic E-state index is 2.35. The average Bonchev–Trinajstić information content (AvgIpc) is 2.56. The lowest BCUT2D eigenvalue weighted by molar-refractivity contribution is 0.590. The monoisotopic (exact) mass is 218 g/mol. The molecule has 0 aliphatic heterocycles. The van der Waals surface area contributed by atoms with Crippen molar-refractivity contribution in [2.24, 2.45) is 5.92 Å². The van der Waals surface area contributed by atoms with Crippen LogP contribution in [0.3, 0.4) is 0 Å². The van der Waals surface area contributed by atoms with Crippen molar-refractivity contribution in [3.8, 4) is 0 Å². The quantitative estimate of drug-likeness (QED) is 0.694. The van der Waals surface area contributed by atoms with E-state index in [0.29, 0.717) is 0 Å². The lowest BCUT2D eigenvalue weighted by Crippen LogP contribution is -1.88. The van der Waals surface area contributed by atoms with Gasteiger partial charge in [-0.2, -0.15) is 0 Å². The molecule has 2 aromatic rings. The molecule has 0 radical (unpaired) electrons. The lowest BCUT2D eigenvalue weighted by Gasteiger charge is -2.00. The van der Waals surface area contributed by atoms with Crippen LogP contribution >= 0.6 is 11.3 Å². The number of aryl methyl sites for hydroxylation is 2. The van der Waals surface area contributed by atoms with Crippen LogP contribution in [0.1, 0.15) is 30.7 Å². The maximum absolute atomic E-state index is 2.35. The number of benzene rings is 1. The van der Waals surface area contributed by atoms with Crippen LogP contribution in [0.2, 0.25) is 0 Å². The zero-order valence-corrected chi connectivity index (χ0v) is 10.5. The van der Waals surface area contributed by atoms with E-state index >= 15 is 0 Å². The Morgan fingerprint density at radius 2 is 2.00 bits per heavy atom. The van der Waals surface area contributed by atoms with Gasteiger partial charge in [-0.25, -0.2) is 0 Å². The summed E-state index contributed by atoms with van der Waals surface area (Å²) in [6.07, 6.45) is 2.53. The molecule has 1 heteroatoms. The number of fused-ring (bicyclic) bond motifs is 1. The molecule has 0 nitrogen and oxygen atoms in total. The molecule has 1 aromatic carbocycles. The highest BCUT2D eigenvalue weighted by Gasteiger charge is 2.03. The highest BCUT2D eigenvalue weighted by atomic mass is 32.1. The van der Waals surface area contributed by atoms with Crippen molar-refractivity contribution in [2.45, 2.75) is 33.6 Å². The molecule has 0 bridgehead atoms. The Morgan fingerprint density at radius 1 is 1.20 bits per heavy atom. The average molecular weight is 218 g/mol. The van der Waals surface area contributed by atoms with Crippen molar-refractivity contribution < 1.29 is 0 Å². The number of hydrogen-bond acceptors (Lipinski definition) is 1. The summed E-state index contributed by atoms with van der Waals surface area (Å²) in [5, 5.41) is 1.41. The lowest BCUT2D eigenvalue weighted by atomic mass is 10.1. The topological polar surface area (TPSA) is 0 Å². The third-order valence-corrected chi connectivity index (χ3v) is 3.85. The highest BCUT2D eigenvalue weighted by Crippen LogP contribution is 2.27. The Hall–Kier alpha value is -0.820. The van der Waals surface area contributed by atoms with E-state index in [1.807, 2.05) is 11.3 Å². The first kappa shape index (κ1) is 10.7. The van der Waals surface area contributed by atoms with Gasteiger partial charge in [0.2, 0.25) is 0 Å². The molecule has 0 spiro atoms. The minimum atomic E-state index is 0.803. The molecule has 0 saturated heterocycles. The molecule has 0 fully saturated rings. The van der Waals surface area contributed by atoms with Crippen LogP contribution in [0.15, 0.2) is 24.3 Å².